The van der Waals surface area contributed by atoms with Crippen LogP contribution in [0.4, 0.5) is 0 Å². The Hall–Kier alpha value is -1.02. The number of nitrogens with two attached hydrogens (primary N) is 1. The standard InChI is InChI=1S/C12H17NO/c1-2-14-10-7-6-9-4-3-5-12(13)11(9)8-10/h6-8,12H,2-5,13H2,1H3/t12-/m0/s1. The quantitative estimate of drug-likeness (QED) is 0.779. The van der Waals surface area contributed by atoms with Gasteiger partial charge in [-0.1, -0.05) is 6.07 Å². The van der Waals surface area contributed by atoms with Crippen LogP contribution in [0, 0.1) is 0 Å². The van der Waals surface area contributed by atoms with E-state index in [9.17, 15) is 0 Å². The van der Waals surface area contributed by atoms with Gasteiger partial charge in [0.05, 0.1) is 6.61 Å². The van der Waals surface area contributed by atoms with Crippen LogP contribution < -0.4 is 10.5 Å². The molecule has 0 aromatic heterocycles. The van der Waals surface area contributed by atoms with E-state index in [1.165, 1.54) is 17.5 Å². The molecule has 0 saturated carbocycles. The second-order valence-electron chi connectivity index (χ2n) is 3.79. The Morgan fingerprint density at radius 3 is 3.14 bits per heavy atom. The number of hydrogen-bond donors (Lipinski definition) is 1. The molecule has 0 fully saturated rings. The third-order valence-corrected chi connectivity index (χ3v) is 2.79. The summed E-state index contributed by atoms with van der Waals surface area (Å²) in [6, 6.07) is 6.50. The number of hydrogen-bond acceptors (Lipinski definition) is 2. The van der Waals surface area contributed by atoms with E-state index in [-0.39, 0.29) is 6.04 Å². The van der Waals surface area contributed by atoms with Gasteiger partial charge < -0.3 is 10.5 Å². The summed E-state index contributed by atoms with van der Waals surface area (Å²) in [5.41, 5.74) is 8.73. The molecule has 2 heteroatoms. The van der Waals surface area contributed by atoms with Gasteiger partial charge in [0.25, 0.3) is 0 Å². The first-order valence-corrected chi connectivity index (χ1v) is 5.32. The first-order valence-electron chi connectivity index (χ1n) is 5.32. The molecule has 1 aliphatic carbocycles. The van der Waals surface area contributed by atoms with E-state index in [4.69, 9.17) is 10.5 Å². The number of rotatable bonds is 2. The SMILES string of the molecule is CCOc1ccc2c(c1)[C@@H](N)CCC2. The van der Waals surface area contributed by atoms with E-state index in [0.29, 0.717) is 6.61 Å². The minimum atomic E-state index is 0.208. The Morgan fingerprint density at radius 1 is 1.50 bits per heavy atom. The Balaban J connectivity index is 2.31. The van der Waals surface area contributed by atoms with Crippen LogP contribution >= 0.6 is 0 Å². The van der Waals surface area contributed by atoms with Gasteiger partial charge in [0.15, 0.2) is 0 Å². The molecule has 2 N–H and O–H groups in total. The maximum atomic E-state index is 6.06. The summed E-state index contributed by atoms with van der Waals surface area (Å²) in [7, 11) is 0. The first-order chi connectivity index (χ1) is 6.81. The van der Waals surface area contributed by atoms with E-state index in [1.54, 1.807) is 0 Å². The summed E-state index contributed by atoms with van der Waals surface area (Å²) >= 11 is 0. The van der Waals surface area contributed by atoms with Crippen molar-refractivity contribution in [2.75, 3.05) is 6.61 Å². The van der Waals surface area contributed by atoms with E-state index in [0.717, 1.165) is 18.6 Å². The van der Waals surface area contributed by atoms with Crippen molar-refractivity contribution in [3.63, 3.8) is 0 Å². The summed E-state index contributed by atoms with van der Waals surface area (Å²) in [6.07, 6.45) is 3.47. The monoisotopic (exact) mass is 191 g/mol. The van der Waals surface area contributed by atoms with Crippen molar-refractivity contribution < 1.29 is 4.74 Å². The number of ether oxygens (including phenoxy) is 1. The third-order valence-electron chi connectivity index (χ3n) is 2.79. The highest BCUT2D eigenvalue weighted by atomic mass is 16.5. The predicted molar refractivity (Wildman–Crippen MR) is 57.5 cm³/mol. The lowest BCUT2D eigenvalue weighted by Gasteiger charge is -2.22. The van der Waals surface area contributed by atoms with Crippen LogP contribution in [0.25, 0.3) is 0 Å². The Morgan fingerprint density at radius 2 is 2.36 bits per heavy atom. The number of benzene rings is 1. The van der Waals surface area contributed by atoms with Crippen molar-refractivity contribution in [1.29, 1.82) is 0 Å². The molecular formula is C12H17NO. The lowest BCUT2D eigenvalue weighted by molar-refractivity contribution is 0.339. The van der Waals surface area contributed by atoms with Crippen molar-refractivity contribution in [1.82, 2.24) is 0 Å². The van der Waals surface area contributed by atoms with Crippen LogP contribution in [0.3, 0.4) is 0 Å². The average Bonchev–Trinajstić information content (AvgIpc) is 2.20. The predicted octanol–water partition coefficient (Wildman–Crippen LogP) is 2.42. The van der Waals surface area contributed by atoms with Crippen LogP contribution in [-0.2, 0) is 6.42 Å². The summed E-state index contributed by atoms with van der Waals surface area (Å²) in [5, 5.41) is 0. The minimum absolute atomic E-state index is 0.208. The average molecular weight is 191 g/mol. The minimum Gasteiger partial charge on any atom is -0.494 e. The molecule has 76 valence electrons. The molecule has 0 unspecified atom stereocenters. The highest BCUT2D eigenvalue weighted by Gasteiger charge is 2.16. The van der Waals surface area contributed by atoms with E-state index >= 15 is 0 Å². The molecule has 2 nitrogen and oxygen atoms in total. The molecule has 1 atom stereocenters. The lowest BCUT2D eigenvalue weighted by atomic mass is 9.88. The second-order valence-corrected chi connectivity index (χ2v) is 3.79. The van der Waals surface area contributed by atoms with Gasteiger partial charge in [-0.2, -0.15) is 0 Å². The lowest BCUT2D eigenvalue weighted by Crippen LogP contribution is -2.17. The van der Waals surface area contributed by atoms with Crippen molar-refractivity contribution in [2.45, 2.75) is 32.2 Å². The fourth-order valence-electron chi connectivity index (χ4n) is 2.07. The molecule has 14 heavy (non-hydrogen) atoms. The Bertz CT molecular complexity index is 322. The molecule has 1 aliphatic rings. The smallest absolute Gasteiger partial charge is 0.119 e. The maximum Gasteiger partial charge on any atom is 0.119 e. The maximum absolute atomic E-state index is 6.06. The van der Waals surface area contributed by atoms with Gasteiger partial charge in [0.2, 0.25) is 0 Å². The largest absolute Gasteiger partial charge is 0.494 e. The molecule has 0 heterocycles. The van der Waals surface area contributed by atoms with Crippen LogP contribution in [0.1, 0.15) is 36.9 Å². The fraction of sp³-hybridized carbons (Fsp3) is 0.500. The number of aryl methyl sites for hydroxylation is 1. The Labute approximate surface area is 85.1 Å². The van der Waals surface area contributed by atoms with E-state index in [1.807, 2.05) is 13.0 Å². The number of fused-ring (bicyclic) bond motifs is 1. The van der Waals surface area contributed by atoms with Crippen molar-refractivity contribution in [2.24, 2.45) is 5.73 Å². The molecule has 0 radical (unpaired) electrons. The summed E-state index contributed by atoms with van der Waals surface area (Å²) in [6.45, 7) is 2.72. The van der Waals surface area contributed by atoms with Gasteiger partial charge in [-0.25, -0.2) is 0 Å². The van der Waals surface area contributed by atoms with Gasteiger partial charge in [0, 0.05) is 6.04 Å². The molecular weight excluding hydrogens is 174 g/mol. The van der Waals surface area contributed by atoms with Crippen LogP contribution in [0.15, 0.2) is 18.2 Å². The van der Waals surface area contributed by atoms with Crippen LogP contribution in [-0.4, -0.2) is 6.61 Å². The van der Waals surface area contributed by atoms with Crippen LogP contribution in [0.2, 0.25) is 0 Å². The van der Waals surface area contributed by atoms with Crippen molar-refractivity contribution in [3.05, 3.63) is 29.3 Å². The van der Waals surface area contributed by atoms with Crippen molar-refractivity contribution in [3.8, 4) is 5.75 Å². The molecule has 2 rings (SSSR count). The van der Waals surface area contributed by atoms with E-state index < -0.39 is 0 Å². The molecule has 1 aromatic carbocycles. The molecule has 0 amide bonds. The van der Waals surface area contributed by atoms with Gasteiger partial charge in [0.1, 0.15) is 5.75 Å². The zero-order chi connectivity index (χ0) is 9.97. The van der Waals surface area contributed by atoms with Crippen LogP contribution in [0.5, 0.6) is 5.75 Å². The van der Waals surface area contributed by atoms with Gasteiger partial charge in [-0.05, 0) is 49.4 Å². The molecule has 1 aromatic rings. The molecule has 0 saturated heterocycles. The zero-order valence-corrected chi connectivity index (χ0v) is 8.62. The summed E-state index contributed by atoms with van der Waals surface area (Å²) in [4.78, 5) is 0. The second kappa shape index (κ2) is 4.01. The van der Waals surface area contributed by atoms with E-state index in [2.05, 4.69) is 12.1 Å². The zero-order valence-electron chi connectivity index (χ0n) is 8.62. The molecule has 0 aliphatic heterocycles. The Kier molecular flexibility index (Phi) is 2.73. The van der Waals surface area contributed by atoms with Crippen molar-refractivity contribution >= 4 is 0 Å². The highest BCUT2D eigenvalue weighted by molar-refractivity contribution is 5.39. The van der Waals surface area contributed by atoms with Gasteiger partial charge in [-0.3, -0.25) is 0 Å². The molecule has 0 spiro atoms. The highest BCUT2D eigenvalue weighted by Crippen LogP contribution is 2.30. The summed E-state index contributed by atoms with van der Waals surface area (Å²) < 4.78 is 5.46. The summed E-state index contributed by atoms with van der Waals surface area (Å²) in [5.74, 6) is 0.948. The molecule has 0 bridgehead atoms. The topological polar surface area (TPSA) is 35.2 Å². The fourth-order valence-corrected chi connectivity index (χ4v) is 2.07. The first kappa shape index (κ1) is 9.53. The van der Waals surface area contributed by atoms with Gasteiger partial charge >= 0.3 is 0 Å². The third kappa shape index (κ3) is 1.75. The normalized spacial score (nSPS) is 20.3. The van der Waals surface area contributed by atoms with Gasteiger partial charge in [-0.15, -0.1) is 0 Å².